The minimum absolute atomic E-state index is 0.0133. The van der Waals surface area contributed by atoms with E-state index in [-0.39, 0.29) is 56.0 Å². The number of rotatable bonds is 20. The number of nitrogens with zero attached hydrogens (tertiary/aromatic N) is 20. The van der Waals surface area contributed by atoms with Crippen molar-refractivity contribution in [3.8, 4) is 23.0 Å². The van der Waals surface area contributed by atoms with E-state index in [9.17, 15) is 28.0 Å². The van der Waals surface area contributed by atoms with Crippen LogP contribution in [0.2, 0.25) is 0 Å². The Labute approximate surface area is 790 Å². The van der Waals surface area contributed by atoms with E-state index in [4.69, 9.17) is 18.9 Å². The third-order valence-electron chi connectivity index (χ3n) is 21.5. The number of halogens is 10. The van der Waals surface area contributed by atoms with Gasteiger partial charge in [0.2, 0.25) is 0 Å². The average Bonchev–Trinajstić information content (AvgIpc) is 0.796. The van der Waals surface area contributed by atoms with Crippen LogP contribution in [0.1, 0.15) is 22.3 Å². The fourth-order valence-corrected chi connectivity index (χ4v) is 30.8. The van der Waals surface area contributed by atoms with Gasteiger partial charge in [0.15, 0.2) is 0 Å². The minimum atomic E-state index is -2.31. The summed E-state index contributed by atoms with van der Waals surface area (Å²) < 4.78 is 117. The quantitative estimate of drug-likeness (QED) is 0.0174. The second-order valence-electron chi connectivity index (χ2n) is 31.3. The Bertz CT molecular complexity index is 5260. The van der Waals surface area contributed by atoms with Gasteiger partial charge in [-0.1, -0.05) is 0 Å². The number of benzene rings is 8. The molecule has 0 unspecified atom stereocenters. The van der Waals surface area contributed by atoms with Crippen LogP contribution in [0, 0.1) is 63.5 Å². The SMILES string of the molecule is CN=C(N(C)Cc1cc(F)c(I(C)c2ccc(OC)cc2)c(F)c1)N1CN(C)C(=O)N(C)C1.CN=C(N(C)Cc1ccc(F)c(I(C)c2ccc(OC)cc2)c1)N1CN(C)C(=O)N(C)C1.CN=C(N(C)Cc1ccc(F)c(I(C)c2ccc(OC)cc2)c1F)N1CN(C)C(=O)N(C)C1.CN=C(N(C)Cc1ccc(I(C)c2ccc(OC)cc2)c(F)c1)N1CN(C)C(=O)N(C)C1. The Morgan fingerprint density at radius 1 is 0.308 bits per heavy atom. The zero-order valence-electron chi connectivity index (χ0n) is 78.5. The van der Waals surface area contributed by atoms with Crippen LogP contribution in [-0.4, -0.2) is 341 Å². The number of hydrogen-bond donors (Lipinski definition) is 0. The molecule has 0 atom stereocenters. The molecule has 28 nitrogen and oxygen atoms in total. The van der Waals surface area contributed by atoms with E-state index in [0.717, 1.165) is 48.8 Å². The zero-order valence-corrected chi connectivity index (χ0v) is 87.1. The van der Waals surface area contributed by atoms with Gasteiger partial charge in [0, 0.05) is 0 Å². The van der Waals surface area contributed by atoms with E-state index in [1.165, 1.54) is 31.4 Å². The Hall–Kier alpha value is -10.4. The van der Waals surface area contributed by atoms with Gasteiger partial charge in [-0.2, -0.15) is 0 Å². The molecular weight excluding hydrogens is 2130 g/mol. The molecule has 4 aliphatic heterocycles. The average molecular weight is 2260 g/mol. The first-order valence-corrected chi connectivity index (χ1v) is 58.1. The first kappa shape index (κ1) is 103. The first-order chi connectivity index (χ1) is 61.8. The third-order valence-corrected chi connectivity index (χ3v) is 42.2. The van der Waals surface area contributed by atoms with Crippen LogP contribution < -0.4 is 18.9 Å². The number of carbonyl (C=O) groups is 4. The summed E-state index contributed by atoms with van der Waals surface area (Å²) in [7, 11) is 34.7. The summed E-state index contributed by atoms with van der Waals surface area (Å²) in [6.45, 7) is 4.97. The van der Waals surface area contributed by atoms with Crippen LogP contribution in [0.3, 0.4) is 0 Å². The molecule has 4 aliphatic rings. The van der Waals surface area contributed by atoms with Crippen LogP contribution in [-0.2, 0) is 26.2 Å². The number of aliphatic imine (C=N–C) groups is 4. The van der Waals surface area contributed by atoms with Crippen molar-refractivity contribution in [3.05, 3.63) is 243 Å². The number of hydrogen-bond acceptors (Lipinski definition) is 12. The molecule has 0 radical (unpaired) electrons. The van der Waals surface area contributed by atoms with E-state index in [0.29, 0.717) is 101 Å². The van der Waals surface area contributed by atoms with Crippen LogP contribution in [0.15, 0.2) is 178 Å². The summed E-state index contributed by atoms with van der Waals surface area (Å²) >= 11 is -8.29. The Morgan fingerprint density at radius 3 is 0.877 bits per heavy atom. The van der Waals surface area contributed by atoms with Crippen molar-refractivity contribution in [1.29, 1.82) is 0 Å². The summed E-state index contributed by atoms with van der Waals surface area (Å²) in [6.07, 6.45) is 0. The molecular formula is C92H122F6I4N20O8. The third kappa shape index (κ3) is 25.9. The topological polar surface area (TPSA) is 206 Å². The molecule has 8 aromatic carbocycles. The van der Waals surface area contributed by atoms with Gasteiger partial charge in [-0.05, 0) is 0 Å². The molecule has 12 rings (SSSR count). The standard InChI is InChI=1S/2C23H30F2IN5O2.2C23H31FIN5O2/c1-26(17-8-10-18(33-6)11-9-17)21-19(24)12-7-16(20(21)25)13-28(3)22(27-2)31-14-29(4)23(32)30(5)15-31;1-26(17-7-9-18(33-6)10-8-17)21-19(24)11-16(12-20(21)25)13-28(3)22(27-2)31-14-29(4)23(32)30(5)15-31;1-25(18-8-10-19(32-6)11-9-18)21-12-7-17(13-20(21)24)14-27(3)22(26-2)30-15-28(4)23(31)29(5)16-30;1-25(18-8-10-19(32-6)11-9-18)21-13-17(7-12-20(21)24)14-27(3)22(26-2)30-15-28(4)23(31)29(5)16-30/h2*7-12H,13-15H2,1-6H3;2*7-13H,14-16H2,1-6H3. The summed E-state index contributed by atoms with van der Waals surface area (Å²) in [4.78, 5) is 103. The van der Waals surface area contributed by atoms with Gasteiger partial charge < -0.3 is 0 Å². The van der Waals surface area contributed by atoms with Crippen LogP contribution in [0.5, 0.6) is 23.0 Å². The number of guanidine groups is 4. The molecule has 4 fully saturated rings. The molecule has 0 spiro atoms. The number of alkyl halides is 4. The van der Waals surface area contributed by atoms with Crippen molar-refractivity contribution in [3.63, 3.8) is 0 Å². The molecule has 0 saturated carbocycles. The van der Waals surface area contributed by atoms with E-state index < -0.39 is 103 Å². The van der Waals surface area contributed by atoms with E-state index >= 15 is 17.6 Å². The van der Waals surface area contributed by atoms with Gasteiger partial charge in [0.25, 0.3) is 0 Å². The van der Waals surface area contributed by atoms with Crippen molar-refractivity contribution in [2.75, 3.05) is 214 Å². The molecule has 38 heteroatoms. The van der Waals surface area contributed by atoms with Crippen molar-refractivity contribution < 1.29 is 64.5 Å². The molecule has 8 aromatic rings. The van der Waals surface area contributed by atoms with E-state index in [1.807, 2.05) is 199 Å². The van der Waals surface area contributed by atoms with Crippen molar-refractivity contribution >= 4 is 127 Å². The van der Waals surface area contributed by atoms with Gasteiger partial charge in [0.1, 0.15) is 0 Å². The van der Waals surface area contributed by atoms with Gasteiger partial charge in [-0.15, -0.1) is 0 Å². The van der Waals surface area contributed by atoms with Crippen molar-refractivity contribution in [2.24, 2.45) is 20.0 Å². The van der Waals surface area contributed by atoms with Gasteiger partial charge in [-0.25, -0.2) is 0 Å². The molecule has 0 aromatic heterocycles. The maximum atomic E-state index is 15.6. The Kier molecular flexibility index (Phi) is 37.9. The summed E-state index contributed by atoms with van der Waals surface area (Å²) in [6, 6.07) is 47.1. The number of amides is 8. The van der Waals surface area contributed by atoms with Crippen LogP contribution in [0.25, 0.3) is 0 Å². The summed E-state index contributed by atoms with van der Waals surface area (Å²) in [5.41, 5.74) is 2.83. The van der Waals surface area contributed by atoms with Crippen molar-refractivity contribution in [1.82, 2.24) is 78.4 Å². The second kappa shape index (κ2) is 47.6. The molecule has 8 amide bonds. The first-order valence-electron chi connectivity index (χ1n) is 40.9. The number of urea groups is 4. The molecule has 4 heterocycles. The zero-order chi connectivity index (χ0) is 95.4. The van der Waals surface area contributed by atoms with E-state index in [2.05, 4.69) is 29.8 Å². The molecule has 4 saturated heterocycles. The van der Waals surface area contributed by atoms with Crippen LogP contribution in [0.4, 0.5) is 45.5 Å². The molecule has 0 bridgehead atoms. The predicted octanol–water partition coefficient (Wildman–Crippen LogP) is 14.8. The Morgan fingerprint density at radius 2 is 0.569 bits per heavy atom. The fourth-order valence-electron chi connectivity index (χ4n) is 15.1. The Balaban J connectivity index is 0.000000195. The van der Waals surface area contributed by atoms with Gasteiger partial charge in [0.05, 0.1) is 0 Å². The number of ether oxygens (including phenoxy) is 4. The predicted molar refractivity (Wildman–Crippen MR) is 536 cm³/mol. The second-order valence-corrected chi connectivity index (χ2v) is 51.5. The normalized spacial score (nSPS) is 15.2. The molecule has 0 N–H and O–H groups in total. The maximum absolute atomic E-state index is 15.6. The summed E-state index contributed by atoms with van der Waals surface area (Å²) in [5, 5.41) is 0. The van der Waals surface area contributed by atoms with E-state index in [1.54, 1.807) is 164 Å². The van der Waals surface area contributed by atoms with Crippen molar-refractivity contribution in [2.45, 2.75) is 26.2 Å². The number of carbonyl (C=O) groups excluding carboxylic acids is 4. The molecule has 0 aliphatic carbocycles. The summed E-state index contributed by atoms with van der Waals surface area (Å²) in [5.74, 6) is 3.48. The van der Waals surface area contributed by atoms with Gasteiger partial charge >= 0.3 is 797 Å². The van der Waals surface area contributed by atoms with Gasteiger partial charge in [-0.3, -0.25) is 0 Å². The number of methoxy groups -OCH3 is 4. The van der Waals surface area contributed by atoms with Crippen LogP contribution >= 0.6 is 79.3 Å². The molecule has 708 valence electrons. The molecule has 130 heavy (non-hydrogen) atoms. The fraction of sp³-hybridized carbons (Fsp3) is 0.391. The monoisotopic (exact) mass is 2260 g/mol.